The summed E-state index contributed by atoms with van der Waals surface area (Å²) >= 11 is 0. The maximum absolute atomic E-state index is 13.2. The van der Waals surface area contributed by atoms with Crippen LogP contribution in [0.15, 0.2) is 48.5 Å². The van der Waals surface area contributed by atoms with E-state index in [-0.39, 0.29) is 61.4 Å². The minimum absolute atomic E-state index is 0. The molecule has 2 amide bonds. The number of unbranched alkanes of at least 4 members (excludes halogenated alkanes) is 12. The van der Waals surface area contributed by atoms with Gasteiger partial charge in [0.1, 0.15) is 11.5 Å². The summed E-state index contributed by atoms with van der Waals surface area (Å²) in [6.07, 6.45) is 20.6. The van der Waals surface area contributed by atoms with Gasteiger partial charge in [-0.25, -0.2) is 0 Å². The standard InChI is InChI=1S/C46H80N6O4.4ClH/c1-3-5-7-9-11-17-33-51(45(53)43(49)21-13-15-31-47)35-19-37-55-41-27-23-39(24-28-41)40-25-29-42(30-26-40)56-38-20-36-52(34-18-12-10-8-6-4-2)46(54)44(50)22-14-16-32-48;;;;/h23-30,43-44H,3-22,31-38,47-50H2,1-2H3;4*1H/t43-,44-;;;;/m0..../s1. The molecule has 0 bridgehead atoms. The summed E-state index contributed by atoms with van der Waals surface area (Å²) in [7, 11) is 0. The van der Waals surface area contributed by atoms with Gasteiger partial charge in [0.25, 0.3) is 0 Å². The first kappa shape index (κ1) is 62.3. The van der Waals surface area contributed by atoms with Crippen molar-refractivity contribution in [3.05, 3.63) is 48.5 Å². The summed E-state index contributed by atoms with van der Waals surface area (Å²) in [6, 6.07) is 15.3. The van der Waals surface area contributed by atoms with Crippen molar-refractivity contribution >= 4 is 61.4 Å². The lowest BCUT2D eigenvalue weighted by molar-refractivity contribution is -0.133. The lowest BCUT2D eigenvalue weighted by atomic mass is 10.1. The van der Waals surface area contributed by atoms with Crippen LogP contribution >= 0.6 is 49.6 Å². The van der Waals surface area contributed by atoms with E-state index in [0.29, 0.717) is 52.2 Å². The average Bonchev–Trinajstić information content (AvgIpc) is 3.22. The number of benzene rings is 2. The molecular weight excluding hydrogens is 842 g/mol. The summed E-state index contributed by atoms with van der Waals surface area (Å²) in [5.41, 5.74) is 26.1. The Hall–Kier alpha value is -2.02. The first-order valence-corrected chi connectivity index (χ1v) is 22.3. The Morgan fingerprint density at radius 1 is 0.467 bits per heavy atom. The number of nitrogens with two attached hydrogens (primary N) is 4. The molecule has 0 aliphatic heterocycles. The zero-order valence-corrected chi connectivity index (χ0v) is 40.3. The molecule has 2 aromatic carbocycles. The minimum atomic E-state index is -0.468. The molecule has 10 nitrogen and oxygen atoms in total. The second-order valence-corrected chi connectivity index (χ2v) is 15.4. The van der Waals surface area contributed by atoms with Crippen molar-refractivity contribution in [1.82, 2.24) is 9.80 Å². The number of nitrogens with zero attached hydrogens (tertiary/aromatic N) is 2. The average molecular weight is 927 g/mol. The Morgan fingerprint density at radius 3 is 1.12 bits per heavy atom. The largest absolute Gasteiger partial charge is 0.494 e. The molecule has 0 radical (unpaired) electrons. The molecular formula is C46H84Cl4N6O4. The minimum Gasteiger partial charge on any atom is -0.494 e. The molecule has 0 aliphatic rings. The topological polar surface area (TPSA) is 163 Å². The van der Waals surface area contributed by atoms with Crippen LogP contribution in [0.4, 0.5) is 0 Å². The Bertz CT molecular complexity index is 1190. The molecule has 0 aromatic heterocycles. The lowest BCUT2D eigenvalue weighted by Crippen LogP contribution is -2.45. The van der Waals surface area contributed by atoms with Gasteiger partial charge in [0, 0.05) is 26.2 Å². The van der Waals surface area contributed by atoms with Gasteiger partial charge in [-0.2, -0.15) is 0 Å². The van der Waals surface area contributed by atoms with E-state index in [1.54, 1.807) is 0 Å². The Labute approximate surface area is 389 Å². The fourth-order valence-electron chi connectivity index (χ4n) is 6.94. The summed E-state index contributed by atoms with van der Waals surface area (Å²) in [5.74, 6) is 1.70. The van der Waals surface area contributed by atoms with Gasteiger partial charge in [0.05, 0.1) is 25.3 Å². The number of ether oxygens (including phenoxy) is 2. The van der Waals surface area contributed by atoms with Crippen molar-refractivity contribution < 1.29 is 19.1 Å². The highest BCUT2D eigenvalue weighted by Crippen LogP contribution is 2.25. The molecule has 2 aromatic rings. The zero-order chi connectivity index (χ0) is 40.6. The summed E-state index contributed by atoms with van der Waals surface area (Å²) in [5, 5.41) is 0. The number of hydrogen-bond acceptors (Lipinski definition) is 8. The monoisotopic (exact) mass is 925 g/mol. The van der Waals surface area contributed by atoms with Gasteiger partial charge in [-0.1, -0.05) is 115 Å². The van der Waals surface area contributed by atoms with E-state index in [2.05, 4.69) is 38.1 Å². The van der Waals surface area contributed by atoms with Crippen LogP contribution < -0.4 is 32.4 Å². The van der Waals surface area contributed by atoms with Crippen LogP contribution in [0, 0.1) is 0 Å². The van der Waals surface area contributed by atoms with Crippen molar-refractivity contribution in [1.29, 1.82) is 0 Å². The van der Waals surface area contributed by atoms with Crippen LogP contribution in [0.5, 0.6) is 11.5 Å². The fraction of sp³-hybridized carbons (Fsp3) is 0.696. The predicted molar refractivity (Wildman–Crippen MR) is 263 cm³/mol. The Balaban J connectivity index is -0.00000812. The van der Waals surface area contributed by atoms with Crippen LogP contribution in [0.1, 0.15) is 142 Å². The van der Waals surface area contributed by atoms with E-state index in [4.69, 9.17) is 32.4 Å². The highest BCUT2D eigenvalue weighted by atomic mass is 35.5. The maximum Gasteiger partial charge on any atom is 0.239 e. The SMILES string of the molecule is CCCCCCCCN(CCCOc1ccc(-c2ccc(OCCCN(CCCCCCCC)C(=O)[C@@H](N)CCCCN)cc2)cc1)C(=O)[C@@H](N)CCCCN.Cl.Cl.Cl.Cl. The summed E-state index contributed by atoms with van der Waals surface area (Å²) in [6.45, 7) is 9.54. The van der Waals surface area contributed by atoms with E-state index < -0.39 is 12.1 Å². The number of amides is 2. The van der Waals surface area contributed by atoms with E-state index in [9.17, 15) is 9.59 Å². The molecule has 8 N–H and O–H groups in total. The highest BCUT2D eigenvalue weighted by Gasteiger charge is 2.21. The van der Waals surface area contributed by atoms with Crippen LogP contribution in [0.3, 0.4) is 0 Å². The van der Waals surface area contributed by atoms with Crippen LogP contribution in [-0.2, 0) is 9.59 Å². The molecule has 0 fully saturated rings. The number of rotatable bonds is 35. The van der Waals surface area contributed by atoms with Crippen molar-refractivity contribution in [2.24, 2.45) is 22.9 Å². The van der Waals surface area contributed by atoms with E-state index in [0.717, 1.165) is 99.9 Å². The number of carbonyl (C=O) groups excluding carboxylic acids is 2. The zero-order valence-electron chi connectivity index (χ0n) is 37.0. The number of hydrogen-bond donors (Lipinski definition) is 4. The van der Waals surface area contributed by atoms with Crippen LogP contribution in [0.2, 0.25) is 0 Å². The molecule has 2 rings (SSSR count). The molecule has 0 aliphatic carbocycles. The molecule has 350 valence electrons. The first-order chi connectivity index (χ1) is 27.3. The lowest BCUT2D eigenvalue weighted by Gasteiger charge is -2.26. The van der Waals surface area contributed by atoms with Crippen molar-refractivity contribution in [2.45, 2.75) is 154 Å². The molecule has 60 heavy (non-hydrogen) atoms. The molecule has 0 saturated heterocycles. The van der Waals surface area contributed by atoms with Gasteiger partial charge in [-0.3, -0.25) is 9.59 Å². The maximum atomic E-state index is 13.2. The highest BCUT2D eigenvalue weighted by molar-refractivity contribution is 5.86. The smallest absolute Gasteiger partial charge is 0.239 e. The first-order valence-electron chi connectivity index (χ1n) is 22.3. The quantitative estimate of drug-likeness (QED) is 0.0497. The van der Waals surface area contributed by atoms with Crippen LogP contribution in [-0.4, -0.2) is 86.2 Å². The van der Waals surface area contributed by atoms with E-state index in [1.807, 2.05) is 34.1 Å². The Kier molecular flexibility index (Phi) is 42.6. The summed E-state index contributed by atoms with van der Waals surface area (Å²) < 4.78 is 12.2. The Morgan fingerprint density at radius 2 is 0.783 bits per heavy atom. The fourth-order valence-corrected chi connectivity index (χ4v) is 6.94. The summed E-state index contributed by atoms with van der Waals surface area (Å²) in [4.78, 5) is 30.3. The third kappa shape index (κ3) is 27.8. The molecule has 0 spiro atoms. The molecule has 2 atom stereocenters. The molecule has 0 unspecified atom stereocenters. The van der Waals surface area contributed by atoms with Crippen molar-refractivity contribution in [2.75, 3.05) is 52.5 Å². The van der Waals surface area contributed by atoms with Gasteiger partial charge >= 0.3 is 0 Å². The molecule has 0 heterocycles. The second-order valence-electron chi connectivity index (χ2n) is 15.4. The van der Waals surface area contributed by atoms with Crippen molar-refractivity contribution in [3.8, 4) is 22.6 Å². The molecule has 14 heteroatoms. The second kappa shape index (κ2) is 41.0. The normalized spacial score (nSPS) is 11.5. The number of halogens is 4. The third-order valence-corrected chi connectivity index (χ3v) is 10.5. The van der Waals surface area contributed by atoms with Gasteiger partial charge in [-0.05, 0) is 99.8 Å². The van der Waals surface area contributed by atoms with Crippen LogP contribution in [0.25, 0.3) is 11.1 Å². The van der Waals surface area contributed by atoms with Crippen molar-refractivity contribution in [3.63, 3.8) is 0 Å². The van der Waals surface area contributed by atoms with Gasteiger partial charge in [-0.15, -0.1) is 49.6 Å². The molecule has 0 saturated carbocycles. The van der Waals surface area contributed by atoms with E-state index in [1.165, 1.54) is 51.4 Å². The number of carbonyl (C=O) groups is 2. The van der Waals surface area contributed by atoms with Gasteiger partial charge in [0.15, 0.2) is 0 Å². The predicted octanol–water partition coefficient (Wildman–Crippen LogP) is 9.87. The van der Waals surface area contributed by atoms with Gasteiger partial charge in [0.2, 0.25) is 11.8 Å². The third-order valence-electron chi connectivity index (χ3n) is 10.5. The van der Waals surface area contributed by atoms with E-state index >= 15 is 0 Å². The van der Waals surface area contributed by atoms with Gasteiger partial charge < -0.3 is 42.2 Å².